The van der Waals surface area contributed by atoms with E-state index >= 15 is 0 Å². The molecule has 1 aliphatic heterocycles. The molecule has 1 amide bonds. The molecule has 1 aliphatic rings. The van der Waals surface area contributed by atoms with Gasteiger partial charge in [-0.15, -0.1) is 0 Å². The summed E-state index contributed by atoms with van der Waals surface area (Å²) in [7, 11) is 0. The summed E-state index contributed by atoms with van der Waals surface area (Å²) in [5.74, 6) is -0.0676. The second-order valence-electron chi connectivity index (χ2n) is 5.44. The molecule has 3 rings (SSSR count). The first-order valence-corrected chi connectivity index (χ1v) is 7.25. The van der Waals surface area contributed by atoms with Gasteiger partial charge in [-0.2, -0.15) is 0 Å². The number of fused-ring (bicyclic) bond motifs is 1. The number of rotatable bonds is 1. The molecular formula is C16H15BrN2O. The lowest BCUT2D eigenvalue weighted by atomic mass is 9.92. The van der Waals surface area contributed by atoms with Crippen molar-refractivity contribution >= 4 is 38.7 Å². The van der Waals surface area contributed by atoms with Crippen LogP contribution in [-0.4, -0.2) is 11.4 Å². The highest BCUT2D eigenvalue weighted by molar-refractivity contribution is 9.10. The quantitative estimate of drug-likeness (QED) is 0.787. The van der Waals surface area contributed by atoms with E-state index in [2.05, 4.69) is 38.9 Å². The van der Waals surface area contributed by atoms with Crippen molar-refractivity contribution in [2.75, 3.05) is 0 Å². The molecule has 0 aliphatic carbocycles. The Bertz CT molecular complexity index is 734. The average Bonchev–Trinajstić information content (AvgIpc) is 2.67. The van der Waals surface area contributed by atoms with Crippen LogP contribution in [0.4, 0.5) is 0 Å². The Morgan fingerprint density at radius 1 is 1.10 bits per heavy atom. The summed E-state index contributed by atoms with van der Waals surface area (Å²) in [4.78, 5) is 11.9. The van der Waals surface area contributed by atoms with Crippen LogP contribution in [-0.2, 0) is 4.79 Å². The predicted molar refractivity (Wildman–Crippen MR) is 85.0 cm³/mol. The van der Waals surface area contributed by atoms with Gasteiger partial charge in [-0.25, -0.2) is 5.43 Å². The normalized spacial score (nSPS) is 19.6. The van der Waals surface area contributed by atoms with Gasteiger partial charge in [0.25, 0.3) is 5.91 Å². The maximum atomic E-state index is 11.9. The fourth-order valence-corrected chi connectivity index (χ4v) is 2.95. The van der Waals surface area contributed by atoms with Crippen molar-refractivity contribution in [2.45, 2.75) is 19.4 Å². The van der Waals surface area contributed by atoms with E-state index in [0.29, 0.717) is 0 Å². The average molecular weight is 331 g/mol. The van der Waals surface area contributed by atoms with Crippen LogP contribution in [0.3, 0.4) is 0 Å². The first kappa shape index (κ1) is 13.3. The van der Waals surface area contributed by atoms with Crippen LogP contribution >= 0.6 is 15.9 Å². The van der Waals surface area contributed by atoms with Gasteiger partial charge in [0.15, 0.2) is 0 Å². The Hall–Kier alpha value is -1.65. The number of hydrazine groups is 1. The number of carbonyl (C=O) groups is 1. The van der Waals surface area contributed by atoms with Gasteiger partial charge in [0, 0.05) is 10.0 Å². The molecule has 2 N–H and O–H groups in total. The number of amides is 1. The van der Waals surface area contributed by atoms with Crippen molar-refractivity contribution in [3.63, 3.8) is 0 Å². The van der Waals surface area contributed by atoms with Crippen LogP contribution in [0.15, 0.2) is 46.4 Å². The molecule has 2 aromatic rings. The largest absolute Gasteiger partial charge is 0.287 e. The zero-order valence-corrected chi connectivity index (χ0v) is 12.9. The summed E-state index contributed by atoms with van der Waals surface area (Å²) in [6.45, 7) is 3.97. The summed E-state index contributed by atoms with van der Waals surface area (Å²) in [5.41, 5.74) is 7.09. The number of carbonyl (C=O) groups excluding carboxylic acids is 1. The monoisotopic (exact) mass is 330 g/mol. The third kappa shape index (κ3) is 2.15. The molecule has 0 bridgehead atoms. The summed E-state index contributed by atoms with van der Waals surface area (Å²) in [5, 5.41) is 2.27. The Balaban J connectivity index is 2.21. The fourth-order valence-electron chi connectivity index (χ4n) is 2.45. The topological polar surface area (TPSA) is 41.1 Å². The molecule has 0 saturated carbocycles. The Labute approximate surface area is 126 Å². The van der Waals surface area contributed by atoms with Gasteiger partial charge in [-0.05, 0) is 42.3 Å². The maximum absolute atomic E-state index is 11.9. The van der Waals surface area contributed by atoms with Crippen molar-refractivity contribution in [1.82, 2.24) is 10.9 Å². The van der Waals surface area contributed by atoms with E-state index in [1.54, 1.807) is 0 Å². The van der Waals surface area contributed by atoms with Crippen molar-refractivity contribution < 1.29 is 4.79 Å². The molecule has 2 aromatic carbocycles. The van der Waals surface area contributed by atoms with Crippen LogP contribution in [0.5, 0.6) is 0 Å². The van der Waals surface area contributed by atoms with Crippen LogP contribution in [0.2, 0.25) is 0 Å². The zero-order chi connectivity index (χ0) is 14.3. The molecule has 1 saturated heterocycles. The third-order valence-corrected chi connectivity index (χ3v) is 4.30. The molecule has 0 aromatic heterocycles. The lowest BCUT2D eigenvalue weighted by Crippen LogP contribution is -2.38. The molecule has 3 nitrogen and oxygen atoms in total. The molecule has 0 radical (unpaired) electrons. The van der Waals surface area contributed by atoms with Crippen LogP contribution < -0.4 is 10.9 Å². The van der Waals surface area contributed by atoms with E-state index in [1.165, 1.54) is 0 Å². The van der Waals surface area contributed by atoms with Gasteiger partial charge in [0.1, 0.15) is 0 Å². The fraction of sp³-hybridized carbons (Fsp3) is 0.188. The maximum Gasteiger partial charge on any atom is 0.263 e. The number of nitrogens with one attached hydrogen (secondary N) is 2. The van der Waals surface area contributed by atoms with E-state index in [0.717, 1.165) is 26.4 Å². The molecule has 0 spiro atoms. The zero-order valence-electron chi connectivity index (χ0n) is 11.3. The van der Waals surface area contributed by atoms with Crippen molar-refractivity contribution in [3.05, 3.63) is 52.0 Å². The minimum atomic E-state index is -0.370. The van der Waals surface area contributed by atoms with Gasteiger partial charge in [-0.1, -0.05) is 46.3 Å². The summed E-state index contributed by atoms with van der Waals surface area (Å²) >= 11 is 3.57. The number of benzene rings is 2. The highest BCUT2D eigenvalue weighted by Crippen LogP contribution is 2.30. The van der Waals surface area contributed by atoms with Gasteiger partial charge < -0.3 is 0 Å². The minimum absolute atomic E-state index is 0.0676. The number of hydrogen-bond acceptors (Lipinski definition) is 2. The summed E-state index contributed by atoms with van der Waals surface area (Å²) in [6, 6.07) is 12.2. The van der Waals surface area contributed by atoms with Crippen molar-refractivity contribution in [3.8, 4) is 0 Å². The highest BCUT2D eigenvalue weighted by atomic mass is 79.9. The van der Waals surface area contributed by atoms with Gasteiger partial charge in [-0.3, -0.25) is 10.2 Å². The number of hydrogen-bond donors (Lipinski definition) is 2. The molecule has 20 heavy (non-hydrogen) atoms. The van der Waals surface area contributed by atoms with Crippen molar-refractivity contribution in [2.24, 2.45) is 0 Å². The molecule has 1 heterocycles. The molecular weight excluding hydrogens is 316 g/mol. The molecule has 0 unspecified atom stereocenters. The summed E-state index contributed by atoms with van der Waals surface area (Å²) < 4.78 is 1.06. The first-order valence-electron chi connectivity index (χ1n) is 6.46. The number of halogens is 1. The van der Waals surface area contributed by atoms with E-state index in [9.17, 15) is 4.79 Å². The lowest BCUT2D eigenvalue weighted by molar-refractivity contribution is -0.116. The third-order valence-electron chi connectivity index (χ3n) is 3.61. The van der Waals surface area contributed by atoms with Gasteiger partial charge in [0.2, 0.25) is 0 Å². The first-order chi connectivity index (χ1) is 9.49. The molecule has 1 fully saturated rings. The second kappa shape index (κ2) is 4.72. The highest BCUT2D eigenvalue weighted by Gasteiger charge is 2.34. The Kier molecular flexibility index (Phi) is 3.15. The summed E-state index contributed by atoms with van der Waals surface area (Å²) in [6.07, 6.45) is 1.96. The lowest BCUT2D eigenvalue weighted by Gasteiger charge is -2.17. The van der Waals surface area contributed by atoms with E-state index < -0.39 is 0 Å². The predicted octanol–water partition coefficient (Wildman–Crippen LogP) is 3.40. The second-order valence-corrected chi connectivity index (χ2v) is 6.30. The molecule has 0 atom stereocenters. The smallest absolute Gasteiger partial charge is 0.263 e. The van der Waals surface area contributed by atoms with Crippen LogP contribution in [0.25, 0.3) is 16.8 Å². The Morgan fingerprint density at radius 3 is 2.50 bits per heavy atom. The Morgan fingerprint density at radius 2 is 1.80 bits per heavy atom. The standard InChI is InChI=1S/C16H15BrN2O/c1-16(2)13(15(20)18-19-16)9-10-5-3-7-12-11(10)6-4-8-14(12)17/h3-9,19H,1-2H3,(H,18,20)/b13-9+. The van der Waals surface area contributed by atoms with E-state index in [-0.39, 0.29) is 11.4 Å². The van der Waals surface area contributed by atoms with E-state index in [1.807, 2.05) is 44.2 Å². The van der Waals surface area contributed by atoms with Gasteiger partial charge >= 0.3 is 0 Å². The minimum Gasteiger partial charge on any atom is -0.287 e. The molecule has 4 heteroatoms. The van der Waals surface area contributed by atoms with Crippen LogP contribution in [0, 0.1) is 0 Å². The molecule has 102 valence electrons. The van der Waals surface area contributed by atoms with Crippen molar-refractivity contribution in [1.29, 1.82) is 0 Å². The SMILES string of the molecule is CC1(C)NNC(=O)/C1=C\c1cccc2c(Br)cccc12. The van der Waals surface area contributed by atoms with Gasteiger partial charge in [0.05, 0.1) is 5.54 Å². The van der Waals surface area contributed by atoms with Crippen LogP contribution in [0.1, 0.15) is 19.4 Å². The van der Waals surface area contributed by atoms with E-state index in [4.69, 9.17) is 0 Å².